The Morgan fingerprint density at radius 1 is 1.26 bits per heavy atom. The standard InChI is InChI=1S/C22H27FN4O4/c1-25(2)21-19(20(31-24-21)14-6-7-16(23)17(13-14)30-3)22(29)26-11-8-15(9-12-26)27-10-4-5-18(27)28/h6-7,13,15H,4-5,8-12H2,1-3H3. The van der Waals surface area contributed by atoms with Crippen LogP contribution < -0.4 is 9.64 Å². The van der Waals surface area contributed by atoms with Crippen molar-refractivity contribution in [1.29, 1.82) is 0 Å². The van der Waals surface area contributed by atoms with Crippen molar-refractivity contribution >= 4 is 17.6 Å². The Labute approximate surface area is 180 Å². The van der Waals surface area contributed by atoms with Crippen LogP contribution in [-0.2, 0) is 4.79 Å². The van der Waals surface area contributed by atoms with Gasteiger partial charge in [0.1, 0.15) is 5.56 Å². The summed E-state index contributed by atoms with van der Waals surface area (Å²) in [7, 11) is 4.96. The monoisotopic (exact) mass is 430 g/mol. The first-order chi connectivity index (χ1) is 14.9. The number of likely N-dealkylation sites (tertiary alicyclic amines) is 2. The lowest BCUT2D eigenvalue weighted by Gasteiger charge is -2.36. The molecule has 0 unspecified atom stereocenters. The maximum atomic E-state index is 13.9. The van der Waals surface area contributed by atoms with E-state index in [1.54, 1.807) is 30.0 Å². The molecule has 0 saturated carbocycles. The molecular weight excluding hydrogens is 403 g/mol. The number of rotatable bonds is 5. The quantitative estimate of drug-likeness (QED) is 0.726. The van der Waals surface area contributed by atoms with Gasteiger partial charge in [-0.05, 0) is 37.5 Å². The van der Waals surface area contributed by atoms with Crippen LogP contribution in [0.1, 0.15) is 36.0 Å². The van der Waals surface area contributed by atoms with Gasteiger partial charge in [0.05, 0.1) is 7.11 Å². The summed E-state index contributed by atoms with van der Waals surface area (Å²) in [6, 6.07) is 4.51. The number of amides is 2. The summed E-state index contributed by atoms with van der Waals surface area (Å²) >= 11 is 0. The third-order valence-electron chi connectivity index (χ3n) is 6.03. The summed E-state index contributed by atoms with van der Waals surface area (Å²) in [5, 5.41) is 4.09. The van der Waals surface area contributed by atoms with E-state index in [0.29, 0.717) is 36.5 Å². The van der Waals surface area contributed by atoms with E-state index in [-0.39, 0.29) is 29.4 Å². The maximum absolute atomic E-state index is 13.9. The van der Waals surface area contributed by atoms with E-state index in [9.17, 15) is 14.0 Å². The van der Waals surface area contributed by atoms with Gasteiger partial charge in [-0.25, -0.2) is 4.39 Å². The first kappa shape index (κ1) is 21.1. The van der Waals surface area contributed by atoms with E-state index in [1.165, 1.54) is 19.2 Å². The minimum Gasteiger partial charge on any atom is -0.494 e. The molecule has 0 spiro atoms. The summed E-state index contributed by atoms with van der Waals surface area (Å²) in [6.45, 7) is 1.92. The number of carbonyl (C=O) groups is 2. The van der Waals surface area contributed by atoms with E-state index in [2.05, 4.69) is 5.16 Å². The number of piperidine rings is 1. The number of nitrogens with zero attached hydrogens (tertiary/aromatic N) is 4. The maximum Gasteiger partial charge on any atom is 0.261 e. The first-order valence-corrected chi connectivity index (χ1v) is 10.5. The smallest absolute Gasteiger partial charge is 0.261 e. The first-order valence-electron chi connectivity index (χ1n) is 10.5. The Balaban J connectivity index is 1.59. The number of benzene rings is 1. The topological polar surface area (TPSA) is 79.1 Å². The number of ether oxygens (including phenoxy) is 1. The van der Waals surface area contributed by atoms with E-state index in [0.717, 1.165) is 25.8 Å². The van der Waals surface area contributed by atoms with Gasteiger partial charge in [0, 0.05) is 51.8 Å². The van der Waals surface area contributed by atoms with Crippen LogP contribution in [0, 0.1) is 5.82 Å². The molecule has 3 heterocycles. The van der Waals surface area contributed by atoms with Crippen molar-refractivity contribution in [3.63, 3.8) is 0 Å². The molecule has 2 aliphatic rings. The summed E-state index contributed by atoms with van der Waals surface area (Å²) in [4.78, 5) is 31.0. The summed E-state index contributed by atoms with van der Waals surface area (Å²) in [5.74, 6) is 0.296. The molecule has 1 aromatic heterocycles. The van der Waals surface area contributed by atoms with Gasteiger partial charge in [0.25, 0.3) is 5.91 Å². The second-order valence-corrected chi connectivity index (χ2v) is 8.17. The van der Waals surface area contributed by atoms with Gasteiger partial charge in [-0.1, -0.05) is 5.16 Å². The van der Waals surface area contributed by atoms with Crippen molar-refractivity contribution in [3.8, 4) is 17.1 Å². The summed E-state index contributed by atoms with van der Waals surface area (Å²) in [6.07, 6.45) is 3.03. The Kier molecular flexibility index (Phi) is 5.84. The average Bonchev–Trinajstić information content (AvgIpc) is 3.40. The van der Waals surface area contributed by atoms with Crippen LogP contribution in [0.5, 0.6) is 5.75 Å². The largest absolute Gasteiger partial charge is 0.494 e. The molecule has 2 fully saturated rings. The van der Waals surface area contributed by atoms with Crippen molar-refractivity contribution in [2.24, 2.45) is 0 Å². The minimum atomic E-state index is -0.495. The molecule has 0 bridgehead atoms. The fraction of sp³-hybridized carbons (Fsp3) is 0.500. The normalized spacial score (nSPS) is 17.4. The highest BCUT2D eigenvalue weighted by molar-refractivity contribution is 6.04. The van der Waals surface area contributed by atoms with Crippen LogP contribution in [0.4, 0.5) is 10.2 Å². The third-order valence-corrected chi connectivity index (χ3v) is 6.03. The molecule has 4 rings (SSSR count). The number of anilines is 1. The lowest BCUT2D eigenvalue weighted by Crippen LogP contribution is -2.47. The molecule has 2 aromatic rings. The van der Waals surface area contributed by atoms with Gasteiger partial charge in [-0.2, -0.15) is 0 Å². The van der Waals surface area contributed by atoms with Crippen LogP contribution >= 0.6 is 0 Å². The second-order valence-electron chi connectivity index (χ2n) is 8.17. The molecule has 9 heteroatoms. The number of methoxy groups -OCH3 is 1. The van der Waals surface area contributed by atoms with E-state index < -0.39 is 5.82 Å². The third kappa shape index (κ3) is 3.96. The van der Waals surface area contributed by atoms with Gasteiger partial charge in [0.15, 0.2) is 23.1 Å². The zero-order chi connectivity index (χ0) is 22.1. The van der Waals surface area contributed by atoms with Gasteiger partial charge in [-0.15, -0.1) is 0 Å². The lowest BCUT2D eigenvalue weighted by molar-refractivity contribution is -0.130. The van der Waals surface area contributed by atoms with Crippen molar-refractivity contribution in [3.05, 3.63) is 29.6 Å². The number of aromatic nitrogens is 1. The average molecular weight is 430 g/mol. The highest BCUT2D eigenvalue weighted by Crippen LogP contribution is 2.35. The van der Waals surface area contributed by atoms with Crippen LogP contribution in [0.25, 0.3) is 11.3 Å². The van der Waals surface area contributed by atoms with Crippen molar-refractivity contribution in [2.75, 3.05) is 45.7 Å². The van der Waals surface area contributed by atoms with Crippen molar-refractivity contribution < 1.29 is 23.2 Å². The van der Waals surface area contributed by atoms with Crippen molar-refractivity contribution in [1.82, 2.24) is 15.0 Å². The zero-order valence-corrected chi connectivity index (χ0v) is 18.1. The molecule has 31 heavy (non-hydrogen) atoms. The Morgan fingerprint density at radius 2 is 2.00 bits per heavy atom. The minimum absolute atomic E-state index is 0.0646. The van der Waals surface area contributed by atoms with Gasteiger partial charge in [-0.3, -0.25) is 9.59 Å². The molecule has 2 saturated heterocycles. The fourth-order valence-corrected chi connectivity index (χ4v) is 4.37. The fourth-order valence-electron chi connectivity index (χ4n) is 4.37. The predicted octanol–water partition coefficient (Wildman–Crippen LogP) is 2.78. The molecule has 8 nitrogen and oxygen atoms in total. The highest BCUT2D eigenvalue weighted by Gasteiger charge is 2.35. The molecule has 0 N–H and O–H groups in total. The SMILES string of the molecule is COc1cc(-c2onc(N(C)C)c2C(=O)N2CCC(N3CCCC3=O)CC2)ccc1F. The number of halogens is 1. The number of hydrogen-bond donors (Lipinski definition) is 0. The van der Waals surface area contributed by atoms with Gasteiger partial charge < -0.3 is 24.0 Å². The van der Waals surface area contributed by atoms with E-state index in [1.807, 2.05) is 4.90 Å². The number of hydrogen-bond acceptors (Lipinski definition) is 6. The lowest BCUT2D eigenvalue weighted by atomic mass is 10.0. The highest BCUT2D eigenvalue weighted by atomic mass is 19.1. The summed E-state index contributed by atoms with van der Waals surface area (Å²) < 4.78 is 24.5. The Bertz CT molecular complexity index is 982. The molecule has 1 aromatic carbocycles. The van der Waals surface area contributed by atoms with Crippen LogP contribution in [0.3, 0.4) is 0 Å². The second kappa shape index (κ2) is 8.56. The summed E-state index contributed by atoms with van der Waals surface area (Å²) in [5.41, 5.74) is 0.856. The van der Waals surface area contributed by atoms with Gasteiger partial charge >= 0.3 is 0 Å². The molecule has 0 radical (unpaired) electrons. The molecule has 0 aliphatic carbocycles. The molecule has 2 aliphatic heterocycles. The molecule has 2 amide bonds. The van der Waals surface area contributed by atoms with Crippen molar-refractivity contribution in [2.45, 2.75) is 31.7 Å². The van der Waals surface area contributed by atoms with E-state index in [4.69, 9.17) is 9.26 Å². The van der Waals surface area contributed by atoms with E-state index >= 15 is 0 Å². The number of carbonyl (C=O) groups excluding carboxylic acids is 2. The zero-order valence-electron chi connectivity index (χ0n) is 18.1. The van der Waals surface area contributed by atoms with Crippen LogP contribution in [0.2, 0.25) is 0 Å². The Hall–Kier alpha value is -3.10. The molecular formula is C22H27FN4O4. The van der Waals surface area contributed by atoms with Crippen LogP contribution in [0.15, 0.2) is 22.7 Å². The van der Waals surface area contributed by atoms with Crippen LogP contribution in [-0.4, -0.2) is 73.7 Å². The molecule has 166 valence electrons. The predicted molar refractivity (Wildman–Crippen MR) is 113 cm³/mol. The Morgan fingerprint density at radius 3 is 2.61 bits per heavy atom. The molecule has 0 atom stereocenters. The van der Waals surface area contributed by atoms with Gasteiger partial charge in [0.2, 0.25) is 5.91 Å².